The van der Waals surface area contributed by atoms with E-state index in [4.69, 9.17) is 0 Å². The number of amides is 1. The van der Waals surface area contributed by atoms with Crippen LogP contribution in [0.25, 0.3) is 21.3 Å². The second-order valence-corrected chi connectivity index (χ2v) is 7.40. The Hall–Kier alpha value is -3.39. The van der Waals surface area contributed by atoms with Gasteiger partial charge < -0.3 is 5.32 Å². The van der Waals surface area contributed by atoms with Crippen molar-refractivity contribution in [2.75, 3.05) is 5.32 Å². The summed E-state index contributed by atoms with van der Waals surface area (Å²) in [4.78, 5) is 29.4. The van der Waals surface area contributed by atoms with E-state index >= 15 is 0 Å². The first-order chi connectivity index (χ1) is 13.9. The van der Waals surface area contributed by atoms with Crippen LogP contribution in [-0.2, 0) is 11.3 Å². The van der Waals surface area contributed by atoms with E-state index in [0.717, 1.165) is 11.1 Å². The van der Waals surface area contributed by atoms with Gasteiger partial charge in [-0.1, -0.05) is 18.2 Å². The number of rotatable bonds is 4. The zero-order valence-corrected chi connectivity index (χ0v) is 16.1. The summed E-state index contributed by atoms with van der Waals surface area (Å²) in [7, 11) is 0. The van der Waals surface area contributed by atoms with Gasteiger partial charge in [0.25, 0.3) is 5.56 Å². The first-order valence-electron chi connectivity index (χ1n) is 8.71. The van der Waals surface area contributed by atoms with Crippen LogP contribution in [0.15, 0.2) is 59.0 Å². The number of aromatic nitrogens is 2. The molecule has 1 N–H and O–H groups in total. The van der Waals surface area contributed by atoms with Gasteiger partial charge in [0, 0.05) is 16.6 Å². The lowest BCUT2D eigenvalue weighted by Gasteiger charge is -2.10. The standard InChI is InChI=1S/C21H15F2N3O2S/c1-12-2-5-15(23)8-17(12)25-18(27)9-26-11-24-19-16(10-29-20(19)21(26)28)13-3-6-14(22)7-4-13/h2-8,10-11H,9H2,1H3,(H,25,27). The maximum atomic E-state index is 13.4. The van der Waals surface area contributed by atoms with Crippen LogP contribution in [0.4, 0.5) is 14.5 Å². The summed E-state index contributed by atoms with van der Waals surface area (Å²) >= 11 is 1.22. The molecule has 0 aliphatic heterocycles. The number of hydrogen-bond acceptors (Lipinski definition) is 4. The Kier molecular flexibility index (Phi) is 4.94. The minimum atomic E-state index is -0.461. The van der Waals surface area contributed by atoms with Crippen molar-refractivity contribution in [2.24, 2.45) is 0 Å². The zero-order chi connectivity index (χ0) is 20.5. The minimum Gasteiger partial charge on any atom is -0.324 e. The molecule has 0 bridgehead atoms. The van der Waals surface area contributed by atoms with E-state index in [1.807, 2.05) is 0 Å². The van der Waals surface area contributed by atoms with Gasteiger partial charge in [-0.2, -0.15) is 0 Å². The maximum absolute atomic E-state index is 13.4. The molecule has 2 aromatic carbocycles. The molecule has 0 aliphatic rings. The maximum Gasteiger partial charge on any atom is 0.271 e. The van der Waals surface area contributed by atoms with Gasteiger partial charge in [0.05, 0.1) is 11.8 Å². The Morgan fingerprint density at radius 3 is 2.62 bits per heavy atom. The van der Waals surface area contributed by atoms with Crippen molar-refractivity contribution in [2.45, 2.75) is 13.5 Å². The summed E-state index contributed by atoms with van der Waals surface area (Å²) in [5.41, 5.74) is 2.70. The second kappa shape index (κ2) is 7.56. The highest BCUT2D eigenvalue weighted by atomic mass is 32.1. The number of aryl methyl sites for hydroxylation is 1. The molecule has 2 aromatic heterocycles. The predicted octanol–water partition coefficient (Wildman–Crippen LogP) is 4.35. The Balaban J connectivity index is 1.61. The largest absolute Gasteiger partial charge is 0.324 e. The van der Waals surface area contributed by atoms with Crippen LogP contribution >= 0.6 is 11.3 Å². The van der Waals surface area contributed by atoms with Crippen LogP contribution in [-0.4, -0.2) is 15.5 Å². The monoisotopic (exact) mass is 411 g/mol. The number of benzene rings is 2. The number of anilines is 1. The molecule has 4 aromatic rings. The molecule has 0 saturated heterocycles. The molecule has 29 heavy (non-hydrogen) atoms. The molecular formula is C21H15F2N3O2S. The molecule has 146 valence electrons. The average molecular weight is 411 g/mol. The molecule has 0 saturated carbocycles. The molecule has 4 rings (SSSR count). The molecule has 8 heteroatoms. The number of thiophene rings is 1. The summed E-state index contributed by atoms with van der Waals surface area (Å²) < 4.78 is 28.2. The lowest BCUT2D eigenvalue weighted by atomic mass is 10.1. The molecule has 0 atom stereocenters. The molecule has 0 radical (unpaired) electrons. The summed E-state index contributed by atoms with van der Waals surface area (Å²) in [5, 5.41) is 4.40. The van der Waals surface area contributed by atoms with Crippen LogP contribution in [0.1, 0.15) is 5.56 Å². The molecule has 0 unspecified atom stereocenters. The van der Waals surface area contributed by atoms with E-state index < -0.39 is 11.7 Å². The Labute approximate surface area is 168 Å². The van der Waals surface area contributed by atoms with Crippen LogP contribution < -0.4 is 10.9 Å². The summed E-state index contributed by atoms with van der Waals surface area (Å²) in [5.74, 6) is -1.27. The highest BCUT2D eigenvalue weighted by molar-refractivity contribution is 7.17. The van der Waals surface area contributed by atoms with E-state index in [2.05, 4.69) is 10.3 Å². The van der Waals surface area contributed by atoms with Crippen molar-refractivity contribution in [3.63, 3.8) is 0 Å². The van der Waals surface area contributed by atoms with E-state index in [9.17, 15) is 18.4 Å². The minimum absolute atomic E-state index is 0.249. The van der Waals surface area contributed by atoms with E-state index in [1.54, 1.807) is 30.5 Å². The van der Waals surface area contributed by atoms with Crippen LogP contribution in [0, 0.1) is 18.6 Å². The zero-order valence-electron chi connectivity index (χ0n) is 15.3. The first kappa shape index (κ1) is 18.9. The Morgan fingerprint density at radius 1 is 1.14 bits per heavy atom. The first-order valence-corrected chi connectivity index (χ1v) is 9.59. The topological polar surface area (TPSA) is 64.0 Å². The van der Waals surface area contributed by atoms with Gasteiger partial charge in [-0.25, -0.2) is 13.8 Å². The quantitative estimate of drug-likeness (QED) is 0.543. The summed E-state index contributed by atoms with van der Waals surface area (Å²) in [6.45, 7) is 1.50. The van der Waals surface area contributed by atoms with Crippen molar-refractivity contribution >= 4 is 33.1 Å². The third-order valence-corrected chi connectivity index (χ3v) is 5.45. The van der Waals surface area contributed by atoms with Crippen molar-refractivity contribution in [1.82, 2.24) is 9.55 Å². The summed E-state index contributed by atoms with van der Waals surface area (Å²) in [6, 6.07) is 10.0. The number of carbonyl (C=O) groups is 1. The molecule has 5 nitrogen and oxygen atoms in total. The highest BCUT2D eigenvalue weighted by Gasteiger charge is 2.14. The molecule has 0 spiro atoms. The van der Waals surface area contributed by atoms with E-state index in [0.29, 0.717) is 21.5 Å². The van der Waals surface area contributed by atoms with Crippen molar-refractivity contribution in [1.29, 1.82) is 0 Å². The van der Waals surface area contributed by atoms with Crippen molar-refractivity contribution < 1.29 is 13.6 Å². The number of carbonyl (C=O) groups excluding carboxylic acids is 1. The fraction of sp³-hybridized carbons (Fsp3) is 0.0952. The highest BCUT2D eigenvalue weighted by Crippen LogP contribution is 2.30. The van der Waals surface area contributed by atoms with Gasteiger partial charge >= 0.3 is 0 Å². The second-order valence-electron chi connectivity index (χ2n) is 6.52. The van der Waals surface area contributed by atoms with Crippen molar-refractivity contribution in [3.8, 4) is 11.1 Å². The number of nitrogens with zero attached hydrogens (tertiary/aromatic N) is 2. The van der Waals surface area contributed by atoms with Gasteiger partial charge in [-0.3, -0.25) is 14.2 Å². The fourth-order valence-electron chi connectivity index (χ4n) is 2.96. The van der Waals surface area contributed by atoms with E-state index in [-0.39, 0.29) is 17.9 Å². The fourth-order valence-corrected chi connectivity index (χ4v) is 3.94. The van der Waals surface area contributed by atoms with Crippen molar-refractivity contribution in [3.05, 3.63) is 81.7 Å². The van der Waals surface area contributed by atoms with Gasteiger partial charge in [-0.15, -0.1) is 11.3 Å². The molecule has 0 aliphatic carbocycles. The third-order valence-electron chi connectivity index (χ3n) is 4.49. The number of hydrogen-bond donors (Lipinski definition) is 1. The number of fused-ring (bicyclic) bond motifs is 1. The lowest BCUT2D eigenvalue weighted by Crippen LogP contribution is -2.27. The third kappa shape index (κ3) is 3.79. The summed E-state index contributed by atoms with van der Waals surface area (Å²) in [6.07, 6.45) is 1.31. The molecule has 2 heterocycles. The lowest BCUT2D eigenvalue weighted by molar-refractivity contribution is -0.116. The van der Waals surface area contributed by atoms with Crippen LogP contribution in [0.3, 0.4) is 0 Å². The normalized spacial score (nSPS) is 11.0. The SMILES string of the molecule is Cc1ccc(F)cc1NC(=O)Cn1cnc2c(-c3ccc(F)cc3)csc2c1=O. The van der Waals surface area contributed by atoms with Gasteiger partial charge in [0.1, 0.15) is 22.9 Å². The number of halogens is 2. The smallest absolute Gasteiger partial charge is 0.271 e. The molecule has 1 amide bonds. The van der Waals surface area contributed by atoms with Gasteiger partial charge in [0.2, 0.25) is 5.91 Å². The Morgan fingerprint density at radius 2 is 1.86 bits per heavy atom. The molecule has 0 fully saturated rings. The predicted molar refractivity (Wildman–Crippen MR) is 109 cm³/mol. The number of nitrogens with one attached hydrogen (secondary N) is 1. The average Bonchev–Trinajstić information content (AvgIpc) is 3.12. The van der Waals surface area contributed by atoms with Gasteiger partial charge in [0.15, 0.2) is 0 Å². The Bertz CT molecular complexity index is 1280. The van der Waals surface area contributed by atoms with Gasteiger partial charge in [-0.05, 0) is 42.3 Å². The van der Waals surface area contributed by atoms with Crippen LogP contribution in [0.5, 0.6) is 0 Å². The van der Waals surface area contributed by atoms with E-state index in [1.165, 1.54) is 46.5 Å². The van der Waals surface area contributed by atoms with Crippen LogP contribution in [0.2, 0.25) is 0 Å². The molecular weight excluding hydrogens is 396 g/mol.